The van der Waals surface area contributed by atoms with Crippen LogP contribution in [0, 0.1) is 0 Å². The summed E-state index contributed by atoms with van der Waals surface area (Å²) < 4.78 is 5.76. The molecule has 0 atom stereocenters. The van der Waals surface area contributed by atoms with Crippen LogP contribution in [0.15, 0.2) is 48.5 Å². The quantitative estimate of drug-likeness (QED) is 0.654. The maximum atomic E-state index is 13.3. The fraction of sp³-hybridized carbons (Fsp3) is 0.481. The highest BCUT2D eigenvalue weighted by Gasteiger charge is 2.21. The van der Waals surface area contributed by atoms with Gasteiger partial charge < -0.3 is 25.2 Å². The average Bonchev–Trinajstić information content (AvgIpc) is 2.83. The fourth-order valence-corrected chi connectivity index (χ4v) is 4.02. The summed E-state index contributed by atoms with van der Waals surface area (Å²) in [6.45, 7) is 3.51. The van der Waals surface area contributed by atoms with Crippen molar-refractivity contribution < 1.29 is 14.3 Å². The first-order chi connectivity index (χ1) is 16.5. The number of carbonyl (C=O) groups is 2. The van der Waals surface area contributed by atoms with Gasteiger partial charge in [-0.05, 0) is 69.4 Å². The molecule has 0 radical (unpaired) electrons. The normalized spacial score (nSPS) is 15.1. The van der Waals surface area contributed by atoms with Crippen LogP contribution in [0.3, 0.4) is 0 Å². The van der Waals surface area contributed by atoms with E-state index in [1.165, 1.54) is 12.8 Å². The van der Waals surface area contributed by atoms with E-state index in [9.17, 15) is 9.59 Å². The Labute approximate surface area is 203 Å². The average molecular weight is 467 g/mol. The molecule has 0 fully saturated rings. The van der Waals surface area contributed by atoms with Gasteiger partial charge in [0.2, 0.25) is 0 Å². The van der Waals surface area contributed by atoms with E-state index in [4.69, 9.17) is 4.74 Å². The number of amides is 2. The van der Waals surface area contributed by atoms with Crippen molar-refractivity contribution in [1.29, 1.82) is 0 Å². The molecule has 2 N–H and O–H groups in total. The Morgan fingerprint density at radius 2 is 1.79 bits per heavy atom. The van der Waals surface area contributed by atoms with Crippen molar-refractivity contribution in [3.05, 3.63) is 59.7 Å². The number of fused-ring (bicyclic) bond motifs is 1. The van der Waals surface area contributed by atoms with Gasteiger partial charge in [0.05, 0.1) is 0 Å². The highest BCUT2D eigenvalue weighted by molar-refractivity contribution is 5.98. The molecule has 0 saturated carbocycles. The Hall–Kier alpha value is -2.90. The first-order valence-corrected chi connectivity index (χ1v) is 12.3. The van der Waals surface area contributed by atoms with Gasteiger partial charge in [-0.2, -0.15) is 0 Å². The van der Waals surface area contributed by atoms with Gasteiger partial charge in [0.1, 0.15) is 5.75 Å². The summed E-state index contributed by atoms with van der Waals surface area (Å²) in [7, 11) is 3.96. The number of anilines is 1. The van der Waals surface area contributed by atoms with Crippen LogP contribution in [0.1, 0.15) is 48.0 Å². The van der Waals surface area contributed by atoms with Crippen LogP contribution < -0.4 is 20.3 Å². The van der Waals surface area contributed by atoms with Crippen molar-refractivity contribution in [1.82, 2.24) is 15.5 Å². The molecule has 0 aliphatic carbocycles. The maximum Gasteiger partial charge on any atom is 0.264 e. The smallest absolute Gasteiger partial charge is 0.264 e. The zero-order chi connectivity index (χ0) is 24.2. The Morgan fingerprint density at radius 3 is 2.59 bits per heavy atom. The Morgan fingerprint density at radius 1 is 1.03 bits per heavy atom. The van der Waals surface area contributed by atoms with E-state index < -0.39 is 0 Å². The Bertz CT molecular complexity index is 917. The number of nitrogens with zero attached hydrogens (tertiary/aromatic N) is 2. The first kappa shape index (κ1) is 25.7. The van der Waals surface area contributed by atoms with E-state index in [0.29, 0.717) is 30.9 Å². The molecule has 0 spiro atoms. The molecule has 1 aliphatic rings. The lowest BCUT2D eigenvalue weighted by Gasteiger charge is -2.26. The minimum atomic E-state index is -0.0962. The maximum absolute atomic E-state index is 13.3. The van der Waals surface area contributed by atoms with Gasteiger partial charge in [-0.15, -0.1) is 0 Å². The molecule has 34 heavy (non-hydrogen) atoms. The van der Waals surface area contributed by atoms with Crippen LogP contribution in [0.4, 0.5) is 5.69 Å². The van der Waals surface area contributed by atoms with Crippen molar-refractivity contribution in [2.24, 2.45) is 0 Å². The number of likely N-dealkylation sites (N-methyl/N-ethyl adjacent to an activating group) is 1. The number of benzene rings is 2. The number of ether oxygens (including phenoxy) is 1. The number of para-hydroxylation sites is 1. The van der Waals surface area contributed by atoms with Crippen molar-refractivity contribution in [3.63, 3.8) is 0 Å². The summed E-state index contributed by atoms with van der Waals surface area (Å²) >= 11 is 0. The second-order valence-corrected chi connectivity index (χ2v) is 8.99. The summed E-state index contributed by atoms with van der Waals surface area (Å²) in [6, 6.07) is 15.0. The summed E-state index contributed by atoms with van der Waals surface area (Å²) in [5, 5.41) is 6.47. The van der Waals surface area contributed by atoms with Crippen LogP contribution in [-0.4, -0.2) is 63.6 Å². The second kappa shape index (κ2) is 13.7. The van der Waals surface area contributed by atoms with Gasteiger partial charge in [0, 0.05) is 37.4 Å². The van der Waals surface area contributed by atoms with E-state index in [1.807, 2.05) is 72.4 Å². The topological polar surface area (TPSA) is 73.9 Å². The van der Waals surface area contributed by atoms with E-state index in [-0.39, 0.29) is 18.4 Å². The van der Waals surface area contributed by atoms with Gasteiger partial charge in [-0.1, -0.05) is 37.5 Å². The molecule has 7 nitrogen and oxygen atoms in total. The molecule has 0 unspecified atom stereocenters. The SMILES string of the molecule is CN(C)CCNC(=O)c1ccc2c(c1)CNCCCCCCCN2C(=O)COc1ccccc1. The predicted octanol–water partition coefficient (Wildman–Crippen LogP) is 3.44. The minimum absolute atomic E-state index is 0.0242. The Balaban J connectivity index is 1.80. The van der Waals surface area contributed by atoms with Gasteiger partial charge in [0.15, 0.2) is 6.61 Å². The van der Waals surface area contributed by atoms with Crippen molar-refractivity contribution in [3.8, 4) is 5.75 Å². The molecule has 0 saturated heterocycles. The molecule has 3 rings (SSSR count). The predicted molar refractivity (Wildman–Crippen MR) is 136 cm³/mol. The van der Waals surface area contributed by atoms with E-state index >= 15 is 0 Å². The number of rotatable bonds is 7. The molecular weight excluding hydrogens is 428 g/mol. The molecule has 2 aromatic carbocycles. The largest absolute Gasteiger partial charge is 0.484 e. The number of hydrogen-bond acceptors (Lipinski definition) is 5. The monoisotopic (exact) mass is 466 g/mol. The molecule has 0 bridgehead atoms. The van der Waals surface area contributed by atoms with Gasteiger partial charge in [0.25, 0.3) is 11.8 Å². The van der Waals surface area contributed by atoms with Crippen LogP contribution >= 0.6 is 0 Å². The van der Waals surface area contributed by atoms with E-state index in [1.54, 1.807) is 0 Å². The van der Waals surface area contributed by atoms with Crippen molar-refractivity contribution in [2.45, 2.75) is 38.6 Å². The summed E-state index contributed by atoms with van der Waals surface area (Å²) in [5.41, 5.74) is 2.41. The van der Waals surface area contributed by atoms with Crippen molar-refractivity contribution >= 4 is 17.5 Å². The summed E-state index contributed by atoms with van der Waals surface area (Å²) in [4.78, 5) is 29.8. The van der Waals surface area contributed by atoms with Crippen LogP contribution in [-0.2, 0) is 11.3 Å². The fourth-order valence-electron chi connectivity index (χ4n) is 4.02. The standard InChI is InChI=1S/C27H38N4O3/c1-30(2)18-16-29-27(33)22-13-14-25-23(19-22)20-28-15-9-4-3-5-10-17-31(25)26(32)21-34-24-11-7-6-8-12-24/h6-8,11-14,19,28H,3-5,9-10,15-18,20-21H2,1-2H3,(H,29,33). The van der Waals surface area contributed by atoms with Crippen LogP contribution in [0.25, 0.3) is 0 Å². The second-order valence-electron chi connectivity index (χ2n) is 8.99. The zero-order valence-corrected chi connectivity index (χ0v) is 20.5. The van der Waals surface area contributed by atoms with Gasteiger partial charge >= 0.3 is 0 Å². The zero-order valence-electron chi connectivity index (χ0n) is 20.5. The van der Waals surface area contributed by atoms with Crippen LogP contribution in [0.2, 0.25) is 0 Å². The molecule has 2 amide bonds. The third kappa shape index (κ3) is 8.15. The number of hydrogen-bond donors (Lipinski definition) is 2. The number of carbonyl (C=O) groups excluding carboxylic acids is 2. The summed E-state index contributed by atoms with van der Waals surface area (Å²) in [5.74, 6) is 0.503. The third-order valence-electron chi connectivity index (χ3n) is 5.93. The lowest BCUT2D eigenvalue weighted by Crippen LogP contribution is -2.37. The lowest BCUT2D eigenvalue weighted by molar-refractivity contribution is -0.120. The van der Waals surface area contributed by atoms with Crippen LogP contribution in [0.5, 0.6) is 5.75 Å². The molecule has 184 valence electrons. The highest BCUT2D eigenvalue weighted by atomic mass is 16.5. The minimum Gasteiger partial charge on any atom is -0.484 e. The molecule has 1 aliphatic heterocycles. The van der Waals surface area contributed by atoms with E-state index in [2.05, 4.69) is 10.6 Å². The molecule has 0 aromatic heterocycles. The molecule has 1 heterocycles. The summed E-state index contributed by atoms with van der Waals surface area (Å²) in [6.07, 6.45) is 5.51. The molecule has 2 aromatic rings. The van der Waals surface area contributed by atoms with Gasteiger partial charge in [-0.3, -0.25) is 9.59 Å². The van der Waals surface area contributed by atoms with Crippen molar-refractivity contribution in [2.75, 3.05) is 51.8 Å². The van der Waals surface area contributed by atoms with Gasteiger partial charge in [-0.25, -0.2) is 0 Å². The molecular formula is C27H38N4O3. The first-order valence-electron chi connectivity index (χ1n) is 12.3. The lowest BCUT2D eigenvalue weighted by atomic mass is 10.0. The van der Waals surface area contributed by atoms with E-state index in [0.717, 1.165) is 43.6 Å². The third-order valence-corrected chi connectivity index (χ3v) is 5.93. The number of nitrogens with one attached hydrogen (secondary N) is 2. The highest BCUT2D eigenvalue weighted by Crippen LogP contribution is 2.24. The molecule has 7 heteroatoms. The Kier molecular flexibility index (Phi) is 10.4.